The molecule has 6 heteroatoms. The summed E-state index contributed by atoms with van der Waals surface area (Å²) in [5.41, 5.74) is 1.23. The Morgan fingerprint density at radius 2 is 2.25 bits per heavy atom. The molecule has 0 aliphatic rings. The molecular weight excluding hydrogens is 324 g/mol. The van der Waals surface area contributed by atoms with Gasteiger partial charge < -0.3 is 14.5 Å². The van der Waals surface area contributed by atoms with Crippen molar-refractivity contribution >= 4 is 21.8 Å². The third kappa shape index (κ3) is 3.60. The maximum absolute atomic E-state index is 11.9. The molecule has 0 atom stereocenters. The number of aryl methyl sites for hydroxylation is 1. The highest BCUT2D eigenvalue weighted by Gasteiger charge is 2.11. The number of hydrogen-bond donors (Lipinski definition) is 1. The molecule has 0 spiro atoms. The van der Waals surface area contributed by atoms with E-state index < -0.39 is 0 Å². The van der Waals surface area contributed by atoms with Crippen molar-refractivity contribution in [1.82, 2.24) is 10.3 Å². The Kier molecular flexibility index (Phi) is 4.79. The summed E-state index contributed by atoms with van der Waals surface area (Å²) >= 11 is 3.40. The molecule has 1 amide bonds. The van der Waals surface area contributed by atoms with Crippen LogP contribution in [0.5, 0.6) is 5.75 Å². The number of ether oxygens (including phenoxy) is 1. The van der Waals surface area contributed by atoms with Crippen LogP contribution in [0.4, 0.5) is 0 Å². The molecule has 1 N–H and O–H groups in total. The average Bonchev–Trinajstić information content (AvgIpc) is 2.93. The molecule has 1 heterocycles. The number of oxazole rings is 1. The first-order valence-electron chi connectivity index (χ1n) is 6.18. The highest BCUT2D eigenvalue weighted by atomic mass is 79.9. The summed E-state index contributed by atoms with van der Waals surface area (Å²) in [6, 6.07) is 5.64. The lowest BCUT2D eigenvalue weighted by atomic mass is 10.2. The Hall–Kier alpha value is -1.82. The first-order valence-corrected chi connectivity index (χ1v) is 6.97. The molecule has 0 fully saturated rings. The smallest absolute Gasteiger partial charge is 0.273 e. The van der Waals surface area contributed by atoms with Crippen molar-refractivity contribution in [1.29, 1.82) is 0 Å². The van der Waals surface area contributed by atoms with Gasteiger partial charge in [-0.1, -0.05) is 22.9 Å². The lowest BCUT2D eigenvalue weighted by Crippen LogP contribution is -2.23. The van der Waals surface area contributed by atoms with Crippen LogP contribution in [0.25, 0.3) is 0 Å². The van der Waals surface area contributed by atoms with Gasteiger partial charge in [-0.2, -0.15) is 0 Å². The second-order valence-electron chi connectivity index (χ2n) is 4.16. The van der Waals surface area contributed by atoms with E-state index in [1.165, 1.54) is 6.26 Å². The molecule has 2 rings (SSSR count). The Morgan fingerprint density at radius 3 is 2.90 bits per heavy atom. The van der Waals surface area contributed by atoms with Gasteiger partial charge in [-0.15, -0.1) is 0 Å². The molecule has 1 aromatic carbocycles. The third-order valence-corrected chi connectivity index (χ3v) is 3.16. The van der Waals surface area contributed by atoms with E-state index in [0.29, 0.717) is 24.6 Å². The zero-order valence-corrected chi connectivity index (χ0v) is 12.9. The van der Waals surface area contributed by atoms with Crippen molar-refractivity contribution in [2.45, 2.75) is 19.9 Å². The van der Waals surface area contributed by atoms with Crippen molar-refractivity contribution in [3.63, 3.8) is 0 Å². The SMILES string of the molecule is CCc1nc(C(=O)NCc2cc(Br)cc(OC)c2)co1. The maximum Gasteiger partial charge on any atom is 0.273 e. The van der Waals surface area contributed by atoms with Crippen molar-refractivity contribution < 1.29 is 13.9 Å². The number of amides is 1. The van der Waals surface area contributed by atoms with Gasteiger partial charge in [0.1, 0.15) is 12.0 Å². The summed E-state index contributed by atoms with van der Waals surface area (Å²) in [6.45, 7) is 2.31. The van der Waals surface area contributed by atoms with Gasteiger partial charge in [0.15, 0.2) is 11.6 Å². The third-order valence-electron chi connectivity index (χ3n) is 2.71. The molecule has 0 aliphatic heterocycles. The average molecular weight is 339 g/mol. The number of benzene rings is 1. The Labute approximate surface area is 125 Å². The van der Waals surface area contributed by atoms with Crippen LogP contribution in [0.2, 0.25) is 0 Å². The van der Waals surface area contributed by atoms with E-state index in [9.17, 15) is 4.79 Å². The Morgan fingerprint density at radius 1 is 1.45 bits per heavy atom. The fourth-order valence-corrected chi connectivity index (χ4v) is 2.21. The number of carbonyl (C=O) groups is 1. The fraction of sp³-hybridized carbons (Fsp3) is 0.286. The summed E-state index contributed by atoms with van der Waals surface area (Å²) in [6.07, 6.45) is 2.03. The number of halogens is 1. The first-order chi connectivity index (χ1) is 9.62. The second kappa shape index (κ2) is 6.56. The first kappa shape index (κ1) is 14.6. The topological polar surface area (TPSA) is 64.4 Å². The quantitative estimate of drug-likeness (QED) is 0.910. The van der Waals surface area contributed by atoms with Gasteiger partial charge in [-0.25, -0.2) is 4.98 Å². The fourth-order valence-electron chi connectivity index (χ4n) is 1.69. The predicted octanol–water partition coefficient (Wildman–Crippen LogP) is 2.94. The molecule has 2 aromatic rings. The predicted molar refractivity (Wildman–Crippen MR) is 77.7 cm³/mol. The minimum atomic E-state index is -0.257. The number of carbonyl (C=O) groups excluding carboxylic acids is 1. The number of nitrogens with zero attached hydrogens (tertiary/aromatic N) is 1. The molecule has 106 valence electrons. The van der Waals surface area contributed by atoms with Gasteiger partial charge in [0.2, 0.25) is 0 Å². The standard InChI is InChI=1S/C14H15BrN2O3/c1-3-13-17-12(8-20-13)14(18)16-7-9-4-10(15)6-11(5-9)19-2/h4-6,8H,3,7H2,1-2H3,(H,16,18). The van der Waals surface area contributed by atoms with E-state index in [4.69, 9.17) is 9.15 Å². The van der Waals surface area contributed by atoms with E-state index in [-0.39, 0.29) is 5.91 Å². The number of hydrogen-bond acceptors (Lipinski definition) is 4. The molecule has 1 aromatic heterocycles. The van der Waals surface area contributed by atoms with Crippen molar-refractivity contribution in [3.05, 3.63) is 46.1 Å². The van der Waals surface area contributed by atoms with E-state index in [0.717, 1.165) is 15.8 Å². The van der Waals surface area contributed by atoms with Gasteiger partial charge in [0.25, 0.3) is 5.91 Å². The molecule has 0 unspecified atom stereocenters. The molecule has 0 radical (unpaired) electrons. The van der Waals surface area contributed by atoms with Crippen molar-refractivity contribution in [3.8, 4) is 5.75 Å². The van der Waals surface area contributed by atoms with E-state index in [1.54, 1.807) is 7.11 Å². The summed E-state index contributed by atoms with van der Waals surface area (Å²) < 4.78 is 11.2. The minimum absolute atomic E-state index is 0.257. The van der Waals surface area contributed by atoms with Crippen LogP contribution >= 0.6 is 15.9 Å². The molecule has 5 nitrogen and oxygen atoms in total. The Bertz CT molecular complexity index is 610. The molecular formula is C14H15BrN2O3. The molecule has 0 saturated heterocycles. The minimum Gasteiger partial charge on any atom is -0.497 e. The van der Waals surface area contributed by atoms with Gasteiger partial charge in [-0.3, -0.25) is 4.79 Å². The number of rotatable bonds is 5. The largest absolute Gasteiger partial charge is 0.497 e. The van der Waals surface area contributed by atoms with Crippen molar-refractivity contribution in [2.75, 3.05) is 7.11 Å². The monoisotopic (exact) mass is 338 g/mol. The summed E-state index contributed by atoms with van der Waals surface area (Å²) in [7, 11) is 1.60. The van der Waals surface area contributed by atoms with Gasteiger partial charge in [0, 0.05) is 17.4 Å². The molecule has 20 heavy (non-hydrogen) atoms. The van der Waals surface area contributed by atoms with Crippen LogP contribution in [0.15, 0.2) is 33.4 Å². The molecule has 0 bridgehead atoms. The zero-order chi connectivity index (χ0) is 14.5. The van der Waals surface area contributed by atoms with E-state index >= 15 is 0 Å². The summed E-state index contributed by atoms with van der Waals surface area (Å²) in [5.74, 6) is 1.03. The number of nitrogens with one attached hydrogen (secondary N) is 1. The number of aromatic nitrogens is 1. The van der Waals surface area contributed by atoms with Gasteiger partial charge >= 0.3 is 0 Å². The number of methoxy groups -OCH3 is 1. The normalized spacial score (nSPS) is 10.3. The van der Waals surface area contributed by atoms with Gasteiger partial charge in [-0.05, 0) is 23.8 Å². The van der Waals surface area contributed by atoms with Crippen LogP contribution in [0, 0.1) is 0 Å². The summed E-state index contributed by atoms with van der Waals surface area (Å²) in [5, 5.41) is 2.79. The van der Waals surface area contributed by atoms with E-state index in [1.807, 2.05) is 25.1 Å². The highest BCUT2D eigenvalue weighted by molar-refractivity contribution is 9.10. The van der Waals surface area contributed by atoms with Crippen LogP contribution in [-0.2, 0) is 13.0 Å². The van der Waals surface area contributed by atoms with Crippen LogP contribution < -0.4 is 10.1 Å². The lowest BCUT2D eigenvalue weighted by molar-refractivity contribution is 0.0946. The van der Waals surface area contributed by atoms with E-state index in [2.05, 4.69) is 26.2 Å². The zero-order valence-electron chi connectivity index (χ0n) is 11.3. The van der Waals surface area contributed by atoms with Crippen LogP contribution in [0.3, 0.4) is 0 Å². The lowest BCUT2D eigenvalue weighted by Gasteiger charge is -2.07. The van der Waals surface area contributed by atoms with Gasteiger partial charge in [0.05, 0.1) is 7.11 Å². The molecule has 0 aliphatic carbocycles. The van der Waals surface area contributed by atoms with Crippen LogP contribution in [0.1, 0.15) is 28.9 Å². The molecule has 0 saturated carbocycles. The maximum atomic E-state index is 11.9. The Balaban J connectivity index is 2.01. The highest BCUT2D eigenvalue weighted by Crippen LogP contribution is 2.21. The van der Waals surface area contributed by atoms with Crippen molar-refractivity contribution in [2.24, 2.45) is 0 Å². The second-order valence-corrected chi connectivity index (χ2v) is 5.08. The van der Waals surface area contributed by atoms with Crippen LogP contribution in [-0.4, -0.2) is 18.0 Å². The summed E-state index contributed by atoms with van der Waals surface area (Å²) in [4.78, 5) is 16.0.